The molecular weight excluding hydrogens is 435 g/mol. The smallest absolute Gasteiger partial charge is 0.297 e. The lowest BCUT2D eigenvalue weighted by Crippen LogP contribution is -2.18. The second-order valence-corrected chi connectivity index (χ2v) is 7.05. The van der Waals surface area contributed by atoms with E-state index in [0.717, 1.165) is 12.4 Å². The number of carbonyl (C=O) groups is 2. The number of rotatable bonds is 15. The Morgan fingerprint density at radius 1 is 1.18 bits per heavy atom. The zero-order valence-electron chi connectivity index (χ0n) is 18.3. The molecule has 4 N–H and O–H groups in total. The summed E-state index contributed by atoms with van der Waals surface area (Å²) in [6.45, 7) is 0.998. The Hall–Kier alpha value is -3.73. The average molecular weight is 462 g/mol. The van der Waals surface area contributed by atoms with Crippen molar-refractivity contribution in [3.63, 3.8) is 0 Å². The van der Waals surface area contributed by atoms with Crippen LogP contribution in [0.5, 0.6) is 5.75 Å². The minimum absolute atomic E-state index is 0.0460. The monoisotopic (exact) mass is 462 g/mol. The summed E-state index contributed by atoms with van der Waals surface area (Å²) >= 11 is 0. The predicted octanol–water partition coefficient (Wildman–Crippen LogP) is 3.25. The SMILES string of the molecule is COCCCOc1c(NCCCC=O)c(C(N)=O)cc([N+](=O)[O-])c1NCc1ccc(F)cc1. The number of nitrogens with zero attached hydrogens (tertiary/aromatic N) is 1. The van der Waals surface area contributed by atoms with Crippen LogP contribution in [-0.4, -0.2) is 44.0 Å². The van der Waals surface area contributed by atoms with Gasteiger partial charge in [-0.25, -0.2) is 4.39 Å². The maximum atomic E-state index is 13.2. The molecule has 0 saturated heterocycles. The average Bonchev–Trinajstić information content (AvgIpc) is 2.79. The molecule has 10 nitrogen and oxygen atoms in total. The Balaban J connectivity index is 2.51. The minimum Gasteiger partial charge on any atom is -0.489 e. The molecular formula is C22H27FN4O6. The molecule has 0 atom stereocenters. The van der Waals surface area contributed by atoms with Gasteiger partial charge in [0.2, 0.25) is 0 Å². The number of nitrogens with one attached hydrogen (secondary N) is 2. The third kappa shape index (κ3) is 7.42. The molecule has 0 heterocycles. The first kappa shape index (κ1) is 25.5. The van der Waals surface area contributed by atoms with Gasteiger partial charge in [-0.15, -0.1) is 0 Å². The van der Waals surface area contributed by atoms with Crippen molar-refractivity contribution < 1.29 is 28.4 Å². The number of unbranched alkanes of at least 4 members (excludes halogenated alkanes) is 1. The Kier molecular flexibility index (Phi) is 10.0. The first-order valence-electron chi connectivity index (χ1n) is 10.3. The van der Waals surface area contributed by atoms with E-state index in [1.54, 1.807) is 12.1 Å². The Labute approximate surface area is 190 Å². The summed E-state index contributed by atoms with van der Waals surface area (Å²) in [6.07, 6.45) is 2.03. The van der Waals surface area contributed by atoms with Crippen molar-refractivity contribution in [2.75, 3.05) is 37.5 Å². The van der Waals surface area contributed by atoms with Crippen molar-refractivity contribution in [2.24, 2.45) is 5.73 Å². The molecule has 0 unspecified atom stereocenters. The van der Waals surface area contributed by atoms with Gasteiger partial charge >= 0.3 is 0 Å². The summed E-state index contributed by atoms with van der Waals surface area (Å²) in [5.41, 5.74) is 5.91. The van der Waals surface area contributed by atoms with Gasteiger partial charge in [-0.2, -0.15) is 0 Å². The van der Waals surface area contributed by atoms with Crippen LogP contribution >= 0.6 is 0 Å². The van der Waals surface area contributed by atoms with Gasteiger partial charge in [-0.05, 0) is 24.1 Å². The van der Waals surface area contributed by atoms with E-state index in [1.807, 2.05) is 0 Å². The number of nitro groups is 1. The molecule has 0 radical (unpaired) electrons. The number of halogens is 1. The van der Waals surface area contributed by atoms with Crippen LogP contribution in [-0.2, 0) is 16.1 Å². The van der Waals surface area contributed by atoms with Crippen molar-refractivity contribution >= 4 is 29.3 Å². The van der Waals surface area contributed by atoms with E-state index in [1.165, 1.54) is 19.2 Å². The fraction of sp³-hybridized carbons (Fsp3) is 0.364. The molecule has 0 fully saturated rings. The van der Waals surface area contributed by atoms with Crippen LogP contribution in [0.3, 0.4) is 0 Å². The highest BCUT2D eigenvalue weighted by Gasteiger charge is 2.28. The Bertz CT molecular complexity index is 968. The number of amides is 1. The van der Waals surface area contributed by atoms with E-state index in [-0.39, 0.29) is 35.8 Å². The van der Waals surface area contributed by atoms with Crippen molar-refractivity contribution in [2.45, 2.75) is 25.8 Å². The highest BCUT2D eigenvalue weighted by atomic mass is 19.1. The third-order valence-corrected chi connectivity index (χ3v) is 4.65. The van der Waals surface area contributed by atoms with Crippen LogP contribution in [0.15, 0.2) is 30.3 Å². The number of nitro benzene ring substituents is 1. The van der Waals surface area contributed by atoms with E-state index >= 15 is 0 Å². The highest BCUT2D eigenvalue weighted by Crippen LogP contribution is 2.44. The van der Waals surface area contributed by atoms with Gasteiger partial charge < -0.3 is 30.6 Å². The minimum atomic E-state index is -0.872. The number of methoxy groups -OCH3 is 1. The number of hydrogen-bond donors (Lipinski definition) is 3. The van der Waals surface area contributed by atoms with E-state index in [9.17, 15) is 24.1 Å². The number of benzene rings is 2. The fourth-order valence-electron chi connectivity index (χ4n) is 3.04. The van der Waals surface area contributed by atoms with Crippen LogP contribution in [0.4, 0.5) is 21.5 Å². The van der Waals surface area contributed by atoms with E-state index in [0.29, 0.717) is 38.0 Å². The summed E-state index contributed by atoms with van der Waals surface area (Å²) < 4.78 is 24.1. The quantitative estimate of drug-likeness (QED) is 0.158. The molecule has 0 bridgehead atoms. The number of ether oxygens (including phenoxy) is 2. The maximum Gasteiger partial charge on any atom is 0.297 e. The van der Waals surface area contributed by atoms with Gasteiger partial charge in [0.05, 0.1) is 22.8 Å². The number of carbonyl (C=O) groups excluding carboxylic acids is 2. The van der Waals surface area contributed by atoms with Crippen LogP contribution in [0.2, 0.25) is 0 Å². The normalized spacial score (nSPS) is 10.5. The van der Waals surface area contributed by atoms with E-state index < -0.39 is 22.3 Å². The summed E-state index contributed by atoms with van der Waals surface area (Å²) in [6, 6.07) is 6.74. The molecule has 2 aromatic rings. The molecule has 1 amide bonds. The molecule has 0 aliphatic heterocycles. The Morgan fingerprint density at radius 2 is 1.91 bits per heavy atom. The predicted molar refractivity (Wildman–Crippen MR) is 121 cm³/mol. The molecule has 178 valence electrons. The summed E-state index contributed by atoms with van der Waals surface area (Å²) in [7, 11) is 1.54. The molecule has 0 saturated carbocycles. The lowest BCUT2D eigenvalue weighted by molar-refractivity contribution is -0.384. The molecule has 0 aliphatic carbocycles. The molecule has 0 aromatic heterocycles. The molecule has 0 spiro atoms. The van der Waals surface area contributed by atoms with Crippen LogP contribution in [0.25, 0.3) is 0 Å². The zero-order valence-corrected chi connectivity index (χ0v) is 18.3. The fourth-order valence-corrected chi connectivity index (χ4v) is 3.04. The van der Waals surface area contributed by atoms with Crippen LogP contribution in [0, 0.1) is 15.9 Å². The number of aldehydes is 1. The van der Waals surface area contributed by atoms with Crippen molar-refractivity contribution in [3.8, 4) is 5.75 Å². The summed E-state index contributed by atoms with van der Waals surface area (Å²) in [4.78, 5) is 33.9. The third-order valence-electron chi connectivity index (χ3n) is 4.65. The molecule has 0 aliphatic rings. The van der Waals surface area contributed by atoms with Gasteiger partial charge in [-0.1, -0.05) is 12.1 Å². The van der Waals surface area contributed by atoms with Gasteiger partial charge in [0.25, 0.3) is 11.6 Å². The zero-order chi connectivity index (χ0) is 24.2. The second kappa shape index (κ2) is 13.0. The molecule has 2 aromatic carbocycles. The molecule has 2 rings (SSSR count). The lowest BCUT2D eigenvalue weighted by atomic mass is 10.1. The highest BCUT2D eigenvalue weighted by molar-refractivity contribution is 6.03. The van der Waals surface area contributed by atoms with Gasteiger partial charge in [-0.3, -0.25) is 14.9 Å². The topological polar surface area (TPSA) is 146 Å². The van der Waals surface area contributed by atoms with Crippen LogP contribution in [0.1, 0.15) is 35.2 Å². The first-order valence-corrected chi connectivity index (χ1v) is 10.3. The van der Waals surface area contributed by atoms with Crippen molar-refractivity contribution in [1.29, 1.82) is 0 Å². The van der Waals surface area contributed by atoms with Gasteiger partial charge in [0.1, 0.15) is 12.1 Å². The van der Waals surface area contributed by atoms with Crippen molar-refractivity contribution in [1.82, 2.24) is 0 Å². The van der Waals surface area contributed by atoms with Gasteiger partial charge in [0.15, 0.2) is 11.4 Å². The van der Waals surface area contributed by atoms with E-state index in [4.69, 9.17) is 15.2 Å². The Morgan fingerprint density at radius 3 is 2.52 bits per heavy atom. The second-order valence-electron chi connectivity index (χ2n) is 7.05. The first-order chi connectivity index (χ1) is 15.9. The van der Waals surface area contributed by atoms with Crippen LogP contribution < -0.4 is 21.1 Å². The van der Waals surface area contributed by atoms with E-state index in [2.05, 4.69) is 10.6 Å². The molecule has 11 heteroatoms. The molecule has 33 heavy (non-hydrogen) atoms. The summed E-state index contributed by atoms with van der Waals surface area (Å²) in [5, 5.41) is 17.8. The largest absolute Gasteiger partial charge is 0.489 e. The maximum absolute atomic E-state index is 13.2. The lowest BCUT2D eigenvalue weighted by Gasteiger charge is -2.20. The summed E-state index contributed by atoms with van der Waals surface area (Å²) in [5.74, 6) is -1.22. The number of nitrogens with two attached hydrogens (primary N) is 1. The number of anilines is 2. The number of hydrogen-bond acceptors (Lipinski definition) is 8. The standard InChI is InChI=1S/C22H27FN4O6/c1-32-11-4-12-33-21-19(25-9-2-3-10-28)17(22(24)29)13-18(27(30)31)20(21)26-14-15-5-7-16(23)8-6-15/h5-8,10,13,25-26H,2-4,9,11-12,14H2,1H3,(H2,24,29). The van der Waals surface area contributed by atoms with Crippen molar-refractivity contribution in [3.05, 3.63) is 57.4 Å². The van der Waals surface area contributed by atoms with Gasteiger partial charge in [0, 0.05) is 45.7 Å². The number of primary amides is 1.